The minimum Gasteiger partial charge on any atom is -0.360 e. The molecular weight excluding hydrogens is 266 g/mol. The van der Waals surface area contributed by atoms with Crippen LogP contribution in [0.15, 0.2) is 10.6 Å². The second-order valence-corrected chi connectivity index (χ2v) is 7.04. The van der Waals surface area contributed by atoms with Crippen molar-refractivity contribution < 1.29 is 9.32 Å². The van der Waals surface area contributed by atoms with E-state index in [1.54, 1.807) is 0 Å². The zero-order valence-electron chi connectivity index (χ0n) is 13.2. The molecule has 1 saturated heterocycles. The molecule has 1 amide bonds. The first-order chi connectivity index (χ1) is 9.98. The highest BCUT2D eigenvalue weighted by molar-refractivity contribution is 5.92. The normalized spacial score (nSPS) is 25.0. The maximum absolute atomic E-state index is 12.3. The number of hydrogen-bond donors (Lipinski definition) is 1. The number of aromatic nitrogens is 1. The standard InChI is InChI=1S/C16H25N3O2/c1-11(2)19-8-5-12(10-19)17-15(20)13-9-14(21-18-13)16(3)6-4-7-16/h9,11-12H,4-8,10H2,1-3H3,(H,17,20). The average Bonchev–Trinajstić information content (AvgIpc) is 3.04. The third-order valence-corrected chi connectivity index (χ3v) is 5.08. The van der Waals surface area contributed by atoms with Gasteiger partial charge < -0.3 is 9.84 Å². The molecule has 2 heterocycles. The molecule has 0 radical (unpaired) electrons. The fraction of sp³-hybridized carbons (Fsp3) is 0.750. The van der Waals surface area contributed by atoms with Crippen LogP contribution in [0.3, 0.4) is 0 Å². The molecule has 5 heteroatoms. The highest BCUT2D eigenvalue weighted by atomic mass is 16.5. The summed E-state index contributed by atoms with van der Waals surface area (Å²) in [5.74, 6) is 0.748. The van der Waals surface area contributed by atoms with E-state index in [0.717, 1.165) is 38.1 Å². The highest BCUT2D eigenvalue weighted by Gasteiger charge is 2.38. The van der Waals surface area contributed by atoms with Crippen LogP contribution in [0.2, 0.25) is 0 Å². The van der Waals surface area contributed by atoms with E-state index >= 15 is 0 Å². The van der Waals surface area contributed by atoms with E-state index in [1.165, 1.54) is 6.42 Å². The van der Waals surface area contributed by atoms with Gasteiger partial charge in [0.2, 0.25) is 0 Å². The molecule has 1 aromatic rings. The number of nitrogens with one attached hydrogen (secondary N) is 1. The van der Waals surface area contributed by atoms with Crippen molar-refractivity contribution in [3.8, 4) is 0 Å². The Hall–Kier alpha value is -1.36. The predicted octanol–water partition coefficient (Wildman–Crippen LogP) is 2.33. The third kappa shape index (κ3) is 2.84. The molecule has 2 fully saturated rings. The molecule has 1 atom stereocenters. The second kappa shape index (κ2) is 5.44. The lowest BCUT2D eigenvalue weighted by molar-refractivity contribution is 0.0927. The maximum atomic E-state index is 12.3. The van der Waals surface area contributed by atoms with Crippen LogP contribution in [0.25, 0.3) is 0 Å². The van der Waals surface area contributed by atoms with Crippen molar-refractivity contribution in [2.75, 3.05) is 13.1 Å². The first kappa shape index (κ1) is 14.6. The number of hydrogen-bond acceptors (Lipinski definition) is 4. The van der Waals surface area contributed by atoms with E-state index in [0.29, 0.717) is 11.7 Å². The first-order valence-electron chi connectivity index (χ1n) is 8.00. The van der Waals surface area contributed by atoms with Crippen LogP contribution in [-0.2, 0) is 5.41 Å². The van der Waals surface area contributed by atoms with Crippen molar-refractivity contribution in [2.45, 2.75) is 64.0 Å². The summed E-state index contributed by atoms with van der Waals surface area (Å²) in [6, 6.07) is 2.58. The molecule has 1 saturated carbocycles. The van der Waals surface area contributed by atoms with E-state index in [9.17, 15) is 4.79 Å². The molecule has 0 spiro atoms. The van der Waals surface area contributed by atoms with Crippen molar-refractivity contribution >= 4 is 5.91 Å². The number of carbonyl (C=O) groups is 1. The Morgan fingerprint density at radius 3 is 2.86 bits per heavy atom. The van der Waals surface area contributed by atoms with Crippen LogP contribution in [0.1, 0.15) is 62.7 Å². The van der Waals surface area contributed by atoms with E-state index in [-0.39, 0.29) is 17.4 Å². The predicted molar refractivity (Wildman–Crippen MR) is 80.3 cm³/mol. The number of carbonyl (C=O) groups excluding carboxylic acids is 1. The molecule has 3 rings (SSSR count). The van der Waals surface area contributed by atoms with Crippen molar-refractivity contribution in [1.82, 2.24) is 15.4 Å². The van der Waals surface area contributed by atoms with Gasteiger partial charge in [0.15, 0.2) is 5.69 Å². The third-order valence-electron chi connectivity index (χ3n) is 5.08. The summed E-state index contributed by atoms with van der Waals surface area (Å²) < 4.78 is 5.40. The first-order valence-corrected chi connectivity index (χ1v) is 8.00. The molecule has 1 N–H and O–H groups in total. The minimum absolute atomic E-state index is 0.0906. The Bertz CT molecular complexity index is 519. The molecule has 1 aliphatic carbocycles. The molecule has 5 nitrogen and oxygen atoms in total. The summed E-state index contributed by atoms with van der Waals surface area (Å²) >= 11 is 0. The lowest BCUT2D eigenvalue weighted by Crippen LogP contribution is -2.38. The zero-order valence-corrected chi connectivity index (χ0v) is 13.2. The van der Waals surface area contributed by atoms with E-state index in [1.807, 2.05) is 6.07 Å². The number of nitrogens with zero attached hydrogens (tertiary/aromatic N) is 2. The molecule has 0 bridgehead atoms. The van der Waals surface area contributed by atoms with Crippen LogP contribution in [-0.4, -0.2) is 41.1 Å². The van der Waals surface area contributed by atoms with Gasteiger partial charge in [0.1, 0.15) is 5.76 Å². The minimum atomic E-state index is -0.108. The average molecular weight is 291 g/mol. The fourth-order valence-electron chi connectivity index (χ4n) is 3.25. The van der Waals surface area contributed by atoms with Gasteiger partial charge in [-0.2, -0.15) is 0 Å². The molecule has 1 aromatic heterocycles. The fourth-order valence-corrected chi connectivity index (χ4v) is 3.25. The van der Waals surface area contributed by atoms with E-state index < -0.39 is 0 Å². The Labute approximate surface area is 126 Å². The van der Waals surface area contributed by atoms with Crippen LogP contribution in [0.5, 0.6) is 0 Å². The maximum Gasteiger partial charge on any atom is 0.273 e. The van der Waals surface area contributed by atoms with Gasteiger partial charge in [-0.15, -0.1) is 0 Å². The molecule has 1 unspecified atom stereocenters. The largest absolute Gasteiger partial charge is 0.360 e. The number of likely N-dealkylation sites (tertiary alicyclic amines) is 1. The molecular formula is C16H25N3O2. The van der Waals surface area contributed by atoms with Gasteiger partial charge in [-0.25, -0.2) is 0 Å². The Kier molecular flexibility index (Phi) is 3.78. The summed E-state index contributed by atoms with van der Waals surface area (Å²) in [7, 11) is 0. The quantitative estimate of drug-likeness (QED) is 0.925. The molecule has 116 valence electrons. The van der Waals surface area contributed by atoms with Crippen LogP contribution < -0.4 is 5.32 Å². The lowest BCUT2D eigenvalue weighted by atomic mass is 9.69. The van der Waals surface area contributed by atoms with Crippen LogP contribution >= 0.6 is 0 Å². The van der Waals surface area contributed by atoms with Gasteiger partial charge in [-0.1, -0.05) is 18.5 Å². The summed E-state index contributed by atoms with van der Waals surface area (Å²) in [4.78, 5) is 14.7. The van der Waals surface area contributed by atoms with Gasteiger partial charge in [0.25, 0.3) is 5.91 Å². The monoisotopic (exact) mass is 291 g/mol. The van der Waals surface area contributed by atoms with Crippen LogP contribution in [0.4, 0.5) is 0 Å². The zero-order chi connectivity index (χ0) is 15.0. The van der Waals surface area contributed by atoms with Gasteiger partial charge in [-0.3, -0.25) is 9.69 Å². The summed E-state index contributed by atoms with van der Waals surface area (Å²) in [5, 5.41) is 7.04. The Morgan fingerprint density at radius 2 is 2.29 bits per heavy atom. The van der Waals surface area contributed by atoms with Gasteiger partial charge in [-0.05, 0) is 33.1 Å². The smallest absolute Gasteiger partial charge is 0.273 e. The molecule has 0 aromatic carbocycles. The van der Waals surface area contributed by atoms with E-state index in [2.05, 4.69) is 36.1 Å². The van der Waals surface area contributed by atoms with Gasteiger partial charge in [0, 0.05) is 36.7 Å². The molecule has 1 aliphatic heterocycles. The van der Waals surface area contributed by atoms with Gasteiger partial charge >= 0.3 is 0 Å². The SMILES string of the molecule is CC(C)N1CCC(NC(=O)c2cc(C3(C)CCC3)on2)C1. The summed E-state index contributed by atoms with van der Waals surface area (Å²) in [6.45, 7) is 8.52. The lowest BCUT2D eigenvalue weighted by Gasteiger charge is -2.35. The van der Waals surface area contributed by atoms with Crippen molar-refractivity contribution in [2.24, 2.45) is 0 Å². The summed E-state index contributed by atoms with van der Waals surface area (Å²) in [5.41, 5.74) is 0.508. The number of amides is 1. The van der Waals surface area contributed by atoms with E-state index in [4.69, 9.17) is 4.52 Å². The van der Waals surface area contributed by atoms with Crippen molar-refractivity contribution in [1.29, 1.82) is 0 Å². The topological polar surface area (TPSA) is 58.4 Å². The van der Waals surface area contributed by atoms with Crippen molar-refractivity contribution in [3.63, 3.8) is 0 Å². The molecule has 21 heavy (non-hydrogen) atoms. The Balaban J connectivity index is 1.59. The second-order valence-electron chi connectivity index (χ2n) is 7.04. The van der Waals surface area contributed by atoms with Crippen molar-refractivity contribution in [3.05, 3.63) is 17.5 Å². The number of rotatable bonds is 4. The molecule has 2 aliphatic rings. The highest BCUT2D eigenvalue weighted by Crippen LogP contribution is 2.43. The summed E-state index contributed by atoms with van der Waals surface area (Å²) in [6.07, 6.45) is 4.47. The van der Waals surface area contributed by atoms with Gasteiger partial charge in [0.05, 0.1) is 0 Å². The Morgan fingerprint density at radius 1 is 1.52 bits per heavy atom. The van der Waals surface area contributed by atoms with Crippen LogP contribution in [0, 0.1) is 0 Å².